The number of rotatable bonds is 4. The largest absolute Gasteiger partial charge is 0.477 e. The Morgan fingerprint density at radius 3 is 2.29 bits per heavy atom. The first-order valence-electron chi connectivity index (χ1n) is 5.88. The Kier molecular flexibility index (Phi) is 3.49. The van der Waals surface area contributed by atoms with Gasteiger partial charge in [0.25, 0.3) is 11.6 Å². The van der Waals surface area contributed by atoms with E-state index in [4.69, 9.17) is 5.11 Å². The average Bonchev–Trinajstić information content (AvgIpc) is 2.94. The van der Waals surface area contributed by atoms with Crippen molar-refractivity contribution in [3.63, 3.8) is 0 Å². The standard InChI is InChI=1S/C12H12N4O5/c1-5-7(3-13-10(5)12(18)19)15-11(17)9-6(2)8(4-14-9)16(20)21/h3-4,13-14H,1-2H3,(H,15,17)(H,18,19). The first kappa shape index (κ1) is 14.3. The predicted molar refractivity (Wildman–Crippen MR) is 72.6 cm³/mol. The first-order valence-corrected chi connectivity index (χ1v) is 5.88. The van der Waals surface area contributed by atoms with Crippen LogP contribution in [0.15, 0.2) is 12.4 Å². The lowest BCUT2D eigenvalue weighted by Crippen LogP contribution is -2.14. The van der Waals surface area contributed by atoms with Crippen LogP contribution >= 0.6 is 0 Å². The zero-order valence-corrected chi connectivity index (χ0v) is 11.2. The summed E-state index contributed by atoms with van der Waals surface area (Å²) in [5, 5.41) is 22.2. The van der Waals surface area contributed by atoms with Crippen LogP contribution in [-0.2, 0) is 0 Å². The number of anilines is 1. The van der Waals surface area contributed by atoms with E-state index in [0.29, 0.717) is 11.3 Å². The molecule has 2 aromatic rings. The van der Waals surface area contributed by atoms with E-state index in [1.165, 1.54) is 13.1 Å². The number of aromatic nitrogens is 2. The number of carboxylic acids is 1. The molecule has 110 valence electrons. The van der Waals surface area contributed by atoms with Gasteiger partial charge in [-0.25, -0.2) is 4.79 Å². The second-order valence-electron chi connectivity index (χ2n) is 4.39. The maximum absolute atomic E-state index is 12.1. The number of aromatic carboxylic acids is 1. The van der Waals surface area contributed by atoms with Crippen LogP contribution in [-0.4, -0.2) is 31.9 Å². The van der Waals surface area contributed by atoms with E-state index in [2.05, 4.69) is 15.3 Å². The highest BCUT2D eigenvalue weighted by Crippen LogP contribution is 2.23. The summed E-state index contributed by atoms with van der Waals surface area (Å²) in [5.41, 5.74) is 0.726. The van der Waals surface area contributed by atoms with Gasteiger partial charge in [-0.15, -0.1) is 0 Å². The van der Waals surface area contributed by atoms with Crippen LogP contribution in [0.4, 0.5) is 11.4 Å². The molecule has 0 fully saturated rings. The average molecular weight is 292 g/mol. The van der Waals surface area contributed by atoms with Crippen LogP contribution in [0.2, 0.25) is 0 Å². The van der Waals surface area contributed by atoms with Crippen molar-refractivity contribution in [1.29, 1.82) is 0 Å². The van der Waals surface area contributed by atoms with Gasteiger partial charge in [-0.2, -0.15) is 0 Å². The van der Waals surface area contributed by atoms with Gasteiger partial charge in [0.2, 0.25) is 0 Å². The number of hydrogen-bond donors (Lipinski definition) is 4. The summed E-state index contributed by atoms with van der Waals surface area (Å²) in [6.07, 6.45) is 2.49. The van der Waals surface area contributed by atoms with Crippen LogP contribution in [0, 0.1) is 24.0 Å². The smallest absolute Gasteiger partial charge is 0.352 e. The molecule has 9 heteroatoms. The van der Waals surface area contributed by atoms with E-state index >= 15 is 0 Å². The molecule has 0 aliphatic rings. The maximum atomic E-state index is 12.1. The third kappa shape index (κ3) is 2.48. The second kappa shape index (κ2) is 5.12. The van der Waals surface area contributed by atoms with Gasteiger partial charge in [0.1, 0.15) is 11.4 Å². The summed E-state index contributed by atoms with van der Waals surface area (Å²) in [5.74, 6) is -1.72. The molecule has 0 bridgehead atoms. The van der Waals surface area contributed by atoms with Gasteiger partial charge in [0, 0.05) is 11.8 Å². The fourth-order valence-electron chi connectivity index (χ4n) is 1.94. The van der Waals surface area contributed by atoms with Gasteiger partial charge in [0.05, 0.1) is 22.4 Å². The molecule has 0 unspecified atom stereocenters. The van der Waals surface area contributed by atoms with Crippen molar-refractivity contribution in [2.24, 2.45) is 0 Å². The Morgan fingerprint density at radius 1 is 1.19 bits per heavy atom. The molecular formula is C12H12N4O5. The van der Waals surface area contributed by atoms with Gasteiger partial charge in [-0.3, -0.25) is 14.9 Å². The number of nitrogens with zero attached hydrogens (tertiary/aromatic N) is 1. The number of aromatic amines is 2. The van der Waals surface area contributed by atoms with Gasteiger partial charge in [0.15, 0.2) is 0 Å². The fourth-order valence-corrected chi connectivity index (χ4v) is 1.94. The van der Waals surface area contributed by atoms with E-state index in [1.807, 2.05) is 0 Å². The molecule has 0 aliphatic carbocycles. The Balaban J connectivity index is 2.27. The number of H-pyrrole nitrogens is 2. The Morgan fingerprint density at radius 2 is 1.81 bits per heavy atom. The van der Waals surface area contributed by atoms with Gasteiger partial charge in [-0.1, -0.05) is 0 Å². The summed E-state index contributed by atoms with van der Waals surface area (Å²) in [6, 6.07) is 0. The third-order valence-electron chi connectivity index (χ3n) is 3.14. The van der Waals surface area contributed by atoms with Crippen molar-refractivity contribution in [2.45, 2.75) is 13.8 Å². The zero-order chi connectivity index (χ0) is 15.7. The molecule has 1 amide bonds. The normalized spacial score (nSPS) is 10.4. The van der Waals surface area contributed by atoms with Crippen LogP contribution in [0.5, 0.6) is 0 Å². The number of carboxylic acid groups (broad SMARTS) is 1. The molecule has 9 nitrogen and oxygen atoms in total. The molecule has 0 saturated carbocycles. The van der Waals surface area contributed by atoms with Crippen molar-refractivity contribution in [1.82, 2.24) is 9.97 Å². The van der Waals surface area contributed by atoms with Crippen LogP contribution in [0.1, 0.15) is 32.1 Å². The molecule has 0 radical (unpaired) electrons. The minimum atomic E-state index is -1.14. The molecule has 2 heterocycles. The monoisotopic (exact) mass is 292 g/mol. The number of hydrogen-bond acceptors (Lipinski definition) is 4. The van der Waals surface area contributed by atoms with Crippen molar-refractivity contribution in [2.75, 3.05) is 5.32 Å². The number of nitrogens with one attached hydrogen (secondary N) is 3. The predicted octanol–water partition coefficient (Wildman–Crippen LogP) is 1.82. The molecule has 2 aromatic heterocycles. The quantitative estimate of drug-likeness (QED) is 0.502. The molecular weight excluding hydrogens is 280 g/mol. The van der Waals surface area contributed by atoms with Crippen molar-refractivity contribution >= 4 is 23.3 Å². The number of carbonyl (C=O) groups excluding carboxylic acids is 1. The molecule has 0 saturated heterocycles. The molecule has 0 aromatic carbocycles. The van der Waals surface area contributed by atoms with Crippen LogP contribution in [0.25, 0.3) is 0 Å². The first-order chi connectivity index (χ1) is 9.82. The summed E-state index contributed by atoms with van der Waals surface area (Å²) in [7, 11) is 0. The van der Waals surface area contributed by atoms with Crippen LogP contribution < -0.4 is 5.32 Å². The van der Waals surface area contributed by atoms with Crippen molar-refractivity contribution in [3.05, 3.63) is 45.0 Å². The van der Waals surface area contributed by atoms with Gasteiger partial charge < -0.3 is 20.4 Å². The highest BCUT2D eigenvalue weighted by molar-refractivity contribution is 6.05. The molecule has 4 N–H and O–H groups in total. The molecule has 2 rings (SSSR count). The minimum absolute atomic E-state index is 0.0283. The van der Waals surface area contributed by atoms with E-state index in [1.54, 1.807) is 6.92 Å². The number of amides is 1. The third-order valence-corrected chi connectivity index (χ3v) is 3.14. The fraction of sp³-hybridized carbons (Fsp3) is 0.167. The summed E-state index contributed by atoms with van der Waals surface area (Å²) in [6.45, 7) is 3.00. The topological polar surface area (TPSA) is 141 Å². The highest BCUT2D eigenvalue weighted by Gasteiger charge is 2.22. The summed E-state index contributed by atoms with van der Waals surface area (Å²) < 4.78 is 0. The van der Waals surface area contributed by atoms with Gasteiger partial charge in [-0.05, 0) is 13.8 Å². The lowest BCUT2D eigenvalue weighted by molar-refractivity contribution is -0.385. The number of carbonyl (C=O) groups is 2. The van der Waals surface area contributed by atoms with E-state index in [9.17, 15) is 19.7 Å². The Labute approximate surface area is 118 Å². The zero-order valence-electron chi connectivity index (χ0n) is 11.2. The molecule has 0 aliphatic heterocycles. The van der Waals surface area contributed by atoms with Crippen LogP contribution in [0.3, 0.4) is 0 Å². The van der Waals surface area contributed by atoms with Crippen molar-refractivity contribution in [3.8, 4) is 0 Å². The number of nitro groups is 1. The second-order valence-corrected chi connectivity index (χ2v) is 4.39. The van der Waals surface area contributed by atoms with E-state index in [0.717, 1.165) is 6.20 Å². The molecule has 0 atom stereocenters. The Bertz CT molecular complexity index is 743. The lowest BCUT2D eigenvalue weighted by atomic mass is 10.2. The van der Waals surface area contributed by atoms with E-state index in [-0.39, 0.29) is 22.6 Å². The van der Waals surface area contributed by atoms with E-state index < -0.39 is 16.8 Å². The molecule has 0 spiro atoms. The highest BCUT2D eigenvalue weighted by atomic mass is 16.6. The SMILES string of the molecule is Cc1c(NC(=O)c2[nH]cc([N+](=O)[O-])c2C)c[nH]c1C(=O)O. The summed E-state index contributed by atoms with van der Waals surface area (Å²) in [4.78, 5) is 38.2. The summed E-state index contributed by atoms with van der Waals surface area (Å²) >= 11 is 0. The molecule has 21 heavy (non-hydrogen) atoms. The van der Waals surface area contributed by atoms with Crippen molar-refractivity contribution < 1.29 is 19.6 Å². The minimum Gasteiger partial charge on any atom is -0.477 e. The van der Waals surface area contributed by atoms with Gasteiger partial charge >= 0.3 is 5.97 Å². The lowest BCUT2D eigenvalue weighted by Gasteiger charge is -2.03. The Hall–Kier alpha value is -3.10. The maximum Gasteiger partial charge on any atom is 0.352 e.